The Kier molecular flexibility index (Phi) is 3.24. The van der Waals surface area contributed by atoms with Crippen molar-refractivity contribution < 1.29 is 9.84 Å². The van der Waals surface area contributed by atoms with Crippen LogP contribution in [0.2, 0.25) is 0 Å². The summed E-state index contributed by atoms with van der Waals surface area (Å²) in [5.41, 5.74) is 9.17. The Labute approximate surface area is 118 Å². The predicted molar refractivity (Wildman–Crippen MR) is 79.1 cm³/mol. The van der Waals surface area contributed by atoms with Crippen LogP contribution in [-0.4, -0.2) is 18.8 Å². The number of phenolic OH excluding ortho intramolecular Hbond substituents is 1. The van der Waals surface area contributed by atoms with E-state index in [0.29, 0.717) is 6.54 Å². The molecule has 0 aliphatic carbocycles. The van der Waals surface area contributed by atoms with Gasteiger partial charge in [-0.2, -0.15) is 0 Å². The molecule has 0 radical (unpaired) electrons. The molecule has 1 unspecified atom stereocenters. The standard InChI is InChI=1S/C16H18N2O2/c1-20-12-7-6-11-10-18(15(9-17)13(11)8-12)14-4-2-3-5-16(14)19/h2-8,15,19H,9-10,17H2,1H3. The van der Waals surface area contributed by atoms with Gasteiger partial charge in [-0.15, -0.1) is 0 Å². The summed E-state index contributed by atoms with van der Waals surface area (Å²) in [5, 5.41) is 10.1. The van der Waals surface area contributed by atoms with Crippen LogP contribution >= 0.6 is 0 Å². The summed E-state index contributed by atoms with van der Waals surface area (Å²) in [7, 11) is 1.66. The molecule has 1 aliphatic heterocycles. The summed E-state index contributed by atoms with van der Waals surface area (Å²) in [6.45, 7) is 1.24. The second kappa shape index (κ2) is 5.06. The third-order valence-corrected chi connectivity index (χ3v) is 3.84. The number of hydrogen-bond acceptors (Lipinski definition) is 4. The first-order chi connectivity index (χ1) is 9.74. The molecule has 0 bridgehead atoms. The van der Waals surface area contributed by atoms with Gasteiger partial charge in [-0.3, -0.25) is 0 Å². The lowest BCUT2D eigenvalue weighted by Gasteiger charge is -2.26. The Morgan fingerprint density at radius 1 is 1.30 bits per heavy atom. The smallest absolute Gasteiger partial charge is 0.138 e. The topological polar surface area (TPSA) is 58.7 Å². The van der Waals surface area contributed by atoms with Crippen LogP contribution in [0, 0.1) is 0 Å². The van der Waals surface area contributed by atoms with E-state index in [-0.39, 0.29) is 11.8 Å². The van der Waals surface area contributed by atoms with Crippen molar-refractivity contribution in [2.75, 3.05) is 18.6 Å². The van der Waals surface area contributed by atoms with Crippen molar-refractivity contribution in [3.8, 4) is 11.5 Å². The van der Waals surface area contributed by atoms with E-state index in [9.17, 15) is 5.11 Å². The van der Waals surface area contributed by atoms with Gasteiger partial charge in [0.25, 0.3) is 0 Å². The number of nitrogens with zero attached hydrogens (tertiary/aromatic N) is 1. The Balaban J connectivity index is 2.03. The summed E-state index contributed by atoms with van der Waals surface area (Å²) in [5.74, 6) is 1.12. The van der Waals surface area contributed by atoms with Crippen LogP contribution in [0.1, 0.15) is 17.2 Å². The zero-order chi connectivity index (χ0) is 14.1. The maximum atomic E-state index is 10.1. The molecule has 4 nitrogen and oxygen atoms in total. The highest BCUT2D eigenvalue weighted by molar-refractivity contribution is 5.62. The quantitative estimate of drug-likeness (QED) is 0.899. The number of anilines is 1. The second-order valence-electron chi connectivity index (χ2n) is 4.93. The first-order valence-electron chi connectivity index (χ1n) is 6.66. The fourth-order valence-electron chi connectivity index (χ4n) is 2.83. The lowest BCUT2D eigenvalue weighted by molar-refractivity contribution is 0.414. The molecule has 0 spiro atoms. The summed E-state index contributed by atoms with van der Waals surface area (Å²) in [4.78, 5) is 2.14. The molecule has 1 aliphatic rings. The molecule has 4 heteroatoms. The summed E-state index contributed by atoms with van der Waals surface area (Å²) < 4.78 is 5.29. The molecule has 0 fully saturated rings. The van der Waals surface area contributed by atoms with E-state index in [4.69, 9.17) is 10.5 Å². The largest absolute Gasteiger partial charge is 0.506 e. The molecule has 1 atom stereocenters. The number of para-hydroxylation sites is 2. The molecule has 20 heavy (non-hydrogen) atoms. The first kappa shape index (κ1) is 12.8. The van der Waals surface area contributed by atoms with E-state index in [1.54, 1.807) is 13.2 Å². The highest BCUT2D eigenvalue weighted by atomic mass is 16.5. The minimum absolute atomic E-state index is 0.0633. The van der Waals surface area contributed by atoms with Crippen LogP contribution in [0.15, 0.2) is 42.5 Å². The number of methoxy groups -OCH3 is 1. The van der Waals surface area contributed by atoms with E-state index < -0.39 is 0 Å². The summed E-state index contributed by atoms with van der Waals surface area (Å²) >= 11 is 0. The van der Waals surface area contributed by atoms with Gasteiger partial charge in [0, 0.05) is 13.1 Å². The molecule has 2 aromatic rings. The van der Waals surface area contributed by atoms with Gasteiger partial charge >= 0.3 is 0 Å². The average Bonchev–Trinajstić information content (AvgIpc) is 2.84. The molecular weight excluding hydrogens is 252 g/mol. The number of rotatable bonds is 3. The van der Waals surface area contributed by atoms with Crippen molar-refractivity contribution in [1.29, 1.82) is 0 Å². The molecule has 3 N–H and O–H groups in total. The number of hydrogen-bond donors (Lipinski definition) is 2. The van der Waals surface area contributed by atoms with Gasteiger partial charge in [-0.25, -0.2) is 0 Å². The monoisotopic (exact) mass is 270 g/mol. The van der Waals surface area contributed by atoms with Crippen LogP contribution in [0.3, 0.4) is 0 Å². The van der Waals surface area contributed by atoms with Gasteiger partial charge in [-0.05, 0) is 35.4 Å². The van der Waals surface area contributed by atoms with E-state index in [1.165, 1.54) is 11.1 Å². The van der Waals surface area contributed by atoms with Crippen molar-refractivity contribution in [3.63, 3.8) is 0 Å². The Hall–Kier alpha value is -2.20. The first-order valence-corrected chi connectivity index (χ1v) is 6.66. The van der Waals surface area contributed by atoms with Gasteiger partial charge in [-0.1, -0.05) is 18.2 Å². The lowest BCUT2D eigenvalue weighted by atomic mass is 10.0. The Bertz CT molecular complexity index is 628. The Morgan fingerprint density at radius 3 is 2.80 bits per heavy atom. The van der Waals surface area contributed by atoms with Gasteiger partial charge in [0.1, 0.15) is 11.5 Å². The SMILES string of the molecule is COc1ccc2c(c1)C(CN)N(c1ccccc1O)C2. The van der Waals surface area contributed by atoms with Crippen molar-refractivity contribution >= 4 is 5.69 Å². The van der Waals surface area contributed by atoms with Crippen molar-refractivity contribution in [3.05, 3.63) is 53.6 Å². The normalized spacial score (nSPS) is 17.1. The van der Waals surface area contributed by atoms with Gasteiger partial charge in [0.2, 0.25) is 0 Å². The van der Waals surface area contributed by atoms with Gasteiger partial charge < -0.3 is 20.5 Å². The maximum Gasteiger partial charge on any atom is 0.138 e. The molecule has 0 saturated carbocycles. The van der Waals surface area contributed by atoms with E-state index in [1.807, 2.05) is 30.3 Å². The molecule has 0 aromatic heterocycles. The number of nitrogens with two attached hydrogens (primary N) is 1. The second-order valence-corrected chi connectivity index (χ2v) is 4.93. The summed E-state index contributed by atoms with van der Waals surface area (Å²) in [6.07, 6.45) is 0. The zero-order valence-corrected chi connectivity index (χ0v) is 11.4. The van der Waals surface area contributed by atoms with E-state index in [0.717, 1.165) is 18.0 Å². The number of fused-ring (bicyclic) bond motifs is 1. The highest BCUT2D eigenvalue weighted by Crippen LogP contribution is 2.41. The van der Waals surface area contributed by atoms with Crippen LogP contribution in [0.25, 0.3) is 0 Å². The third kappa shape index (κ3) is 1.98. The molecule has 0 amide bonds. The number of ether oxygens (including phenoxy) is 1. The fraction of sp³-hybridized carbons (Fsp3) is 0.250. The zero-order valence-electron chi connectivity index (χ0n) is 11.4. The van der Waals surface area contributed by atoms with Crippen molar-refractivity contribution in [2.45, 2.75) is 12.6 Å². The van der Waals surface area contributed by atoms with Gasteiger partial charge in [0.05, 0.1) is 18.8 Å². The molecular formula is C16H18N2O2. The number of phenols is 1. The molecule has 0 saturated heterocycles. The fourth-order valence-corrected chi connectivity index (χ4v) is 2.83. The number of aromatic hydroxyl groups is 1. The number of benzene rings is 2. The lowest BCUT2D eigenvalue weighted by Crippen LogP contribution is -2.27. The summed E-state index contributed by atoms with van der Waals surface area (Å²) in [6, 6.07) is 13.5. The van der Waals surface area contributed by atoms with Crippen LogP contribution in [0.4, 0.5) is 5.69 Å². The van der Waals surface area contributed by atoms with Crippen molar-refractivity contribution in [2.24, 2.45) is 5.73 Å². The van der Waals surface area contributed by atoms with Crippen LogP contribution in [0.5, 0.6) is 11.5 Å². The average molecular weight is 270 g/mol. The van der Waals surface area contributed by atoms with Gasteiger partial charge in [0.15, 0.2) is 0 Å². The Morgan fingerprint density at radius 2 is 2.10 bits per heavy atom. The molecule has 104 valence electrons. The molecule has 1 heterocycles. The van der Waals surface area contributed by atoms with E-state index in [2.05, 4.69) is 11.0 Å². The molecule has 3 rings (SSSR count). The maximum absolute atomic E-state index is 10.1. The minimum Gasteiger partial charge on any atom is -0.506 e. The van der Waals surface area contributed by atoms with E-state index >= 15 is 0 Å². The molecule has 2 aromatic carbocycles. The van der Waals surface area contributed by atoms with Crippen LogP contribution in [-0.2, 0) is 6.54 Å². The van der Waals surface area contributed by atoms with Crippen molar-refractivity contribution in [1.82, 2.24) is 0 Å². The third-order valence-electron chi connectivity index (χ3n) is 3.84. The predicted octanol–water partition coefficient (Wildman–Crippen LogP) is 2.42. The highest BCUT2D eigenvalue weighted by Gasteiger charge is 2.30. The van der Waals surface area contributed by atoms with Crippen LogP contribution < -0.4 is 15.4 Å². The minimum atomic E-state index is 0.0633.